The summed E-state index contributed by atoms with van der Waals surface area (Å²) in [6.07, 6.45) is 1.88. The monoisotopic (exact) mass is 301 g/mol. The van der Waals surface area contributed by atoms with Gasteiger partial charge in [-0.2, -0.15) is 0 Å². The summed E-state index contributed by atoms with van der Waals surface area (Å²) in [6, 6.07) is 9.48. The number of esters is 1. The van der Waals surface area contributed by atoms with Crippen LogP contribution in [0.5, 0.6) is 5.75 Å². The Kier molecular flexibility index (Phi) is 3.82. The topological polar surface area (TPSA) is 69.0 Å². The summed E-state index contributed by atoms with van der Waals surface area (Å²) >= 11 is 0. The Balaban J connectivity index is 1.98. The van der Waals surface area contributed by atoms with Gasteiger partial charge < -0.3 is 13.9 Å². The molecule has 0 aliphatic carbocycles. The molecule has 1 atom stereocenters. The van der Waals surface area contributed by atoms with Crippen LogP contribution in [0.3, 0.4) is 0 Å². The lowest BCUT2D eigenvalue weighted by Gasteiger charge is -2.25. The van der Waals surface area contributed by atoms with E-state index in [1.54, 1.807) is 43.5 Å². The Labute approximate surface area is 127 Å². The fraction of sp³-hybridized carbons (Fsp3) is 0.250. The molecule has 1 amide bonds. The van der Waals surface area contributed by atoms with Gasteiger partial charge in [-0.05, 0) is 36.4 Å². The number of rotatable bonds is 4. The van der Waals surface area contributed by atoms with Crippen LogP contribution in [0, 0.1) is 0 Å². The minimum atomic E-state index is -0.647. The number of nitrogens with zero attached hydrogens (tertiary/aromatic N) is 1. The smallest absolute Gasteiger partial charge is 0.329 e. The first-order valence-corrected chi connectivity index (χ1v) is 6.88. The van der Waals surface area contributed by atoms with E-state index in [9.17, 15) is 9.59 Å². The van der Waals surface area contributed by atoms with E-state index >= 15 is 0 Å². The van der Waals surface area contributed by atoms with Crippen LogP contribution in [0.1, 0.15) is 17.0 Å². The van der Waals surface area contributed by atoms with Crippen molar-refractivity contribution in [1.29, 1.82) is 0 Å². The van der Waals surface area contributed by atoms with Crippen molar-refractivity contribution in [2.45, 2.75) is 12.5 Å². The van der Waals surface area contributed by atoms with Crippen molar-refractivity contribution >= 4 is 17.6 Å². The number of benzene rings is 1. The molecule has 114 valence electrons. The molecule has 1 aromatic carbocycles. The quantitative estimate of drug-likeness (QED) is 0.810. The highest BCUT2D eigenvalue weighted by molar-refractivity contribution is 6.08. The minimum absolute atomic E-state index is 0.176. The zero-order valence-corrected chi connectivity index (χ0v) is 12.0. The fourth-order valence-electron chi connectivity index (χ4n) is 2.42. The SMILES string of the molecule is COc1ccc(N(C(=O)c2ccco2)C2CCOC2=O)cc1. The van der Waals surface area contributed by atoms with E-state index in [0.29, 0.717) is 24.5 Å². The molecule has 1 saturated heterocycles. The number of furan rings is 1. The number of anilines is 1. The lowest BCUT2D eigenvalue weighted by atomic mass is 10.1. The fourth-order valence-corrected chi connectivity index (χ4v) is 2.42. The second kappa shape index (κ2) is 5.93. The average molecular weight is 301 g/mol. The van der Waals surface area contributed by atoms with Crippen LogP contribution in [0.15, 0.2) is 47.1 Å². The van der Waals surface area contributed by atoms with Crippen molar-refractivity contribution in [2.75, 3.05) is 18.6 Å². The van der Waals surface area contributed by atoms with Crippen molar-refractivity contribution in [3.63, 3.8) is 0 Å². The van der Waals surface area contributed by atoms with E-state index in [2.05, 4.69) is 0 Å². The third kappa shape index (κ3) is 2.55. The predicted molar refractivity (Wildman–Crippen MR) is 77.9 cm³/mol. The van der Waals surface area contributed by atoms with E-state index in [-0.39, 0.29) is 11.7 Å². The highest BCUT2D eigenvalue weighted by atomic mass is 16.5. The van der Waals surface area contributed by atoms with Crippen molar-refractivity contribution < 1.29 is 23.5 Å². The van der Waals surface area contributed by atoms with Gasteiger partial charge in [-0.25, -0.2) is 4.79 Å². The molecular formula is C16H15NO5. The first-order chi connectivity index (χ1) is 10.7. The van der Waals surface area contributed by atoms with E-state index in [1.807, 2.05) is 0 Å². The van der Waals surface area contributed by atoms with E-state index in [0.717, 1.165) is 0 Å². The van der Waals surface area contributed by atoms with Crippen molar-refractivity contribution in [3.05, 3.63) is 48.4 Å². The predicted octanol–water partition coefficient (Wildman–Crippen LogP) is 2.25. The van der Waals surface area contributed by atoms with Crippen molar-refractivity contribution in [2.24, 2.45) is 0 Å². The summed E-state index contributed by atoms with van der Waals surface area (Å²) in [6.45, 7) is 0.307. The molecule has 1 unspecified atom stereocenters. The van der Waals surface area contributed by atoms with Gasteiger partial charge in [0.25, 0.3) is 5.91 Å². The molecule has 3 rings (SSSR count). The lowest BCUT2D eigenvalue weighted by Crippen LogP contribution is -2.43. The Morgan fingerprint density at radius 1 is 1.27 bits per heavy atom. The van der Waals surface area contributed by atoms with Crippen LogP contribution in [0.4, 0.5) is 5.69 Å². The number of amides is 1. The molecule has 1 aromatic heterocycles. The average Bonchev–Trinajstić information content (AvgIpc) is 3.21. The maximum Gasteiger partial charge on any atom is 0.329 e. The molecule has 0 spiro atoms. The maximum atomic E-state index is 12.7. The van der Waals surface area contributed by atoms with Crippen molar-refractivity contribution in [1.82, 2.24) is 0 Å². The molecule has 0 bridgehead atoms. The summed E-state index contributed by atoms with van der Waals surface area (Å²) in [5, 5.41) is 0. The van der Waals surface area contributed by atoms with E-state index < -0.39 is 12.0 Å². The number of hydrogen-bond donors (Lipinski definition) is 0. The van der Waals surface area contributed by atoms with Crippen LogP contribution in [-0.2, 0) is 9.53 Å². The first kappa shape index (κ1) is 14.2. The zero-order valence-electron chi connectivity index (χ0n) is 12.0. The zero-order chi connectivity index (χ0) is 15.5. The third-order valence-corrected chi connectivity index (χ3v) is 3.52. The Morgan fingerprint density at radius 2 is 2.05 bits per heavy atom. The molecule has 0 saturated carbocycles. The van der Waals surface area contributed by atoms with Crippen molar-refractivity contribution in [3.8, 4) is 5.75 Å². The third-order valence-electron chi connectivity index (χ3n) is 3.52. The molecule has 0 radical (unpaired) electrons. The summed E-state index contributed by atoms with van der Waals surface area (Å²) in [4.78, 5) is 26.0. The van der Waals surface area contributed by atoms with Gasteiger partial charge in [0.05, 0.1) is 20.0 Å². The molecular weight excluding hydrogens is 286 g/mol. The number of hydrogen-bond acceptors (Lipinski definition) is 5. The number of cyclic esters (lactones) is 1. The second-order valence-corrected chi connectivity index (χ2v) is 4.82. The van der Waals surface area contributed by atoms with Crippen LogP contribution < -0.4 is 9.64 Å². The van der Waals surface area contributed by atoms with Gasteiger partial charge in [-0.1, -0.05) is 0 Å². The van der Waals surface area contributed by atoms with E-state index in [4.69, 9.17) is 13.9 Å². The number of carbonyl (C=O) groups is 2. The van der Waals surface area contributed by atoms with Gasteiger partial charge in [0.15, 0.2) is 5.76 Å². The molecule has 6 heteroatoms. The van der Waals surface area contributed by atoms with Crippen LogP contribution >= 0.6 is 0 Å². The number of carbonyl (C=O) groups excluding carboxylic acids is 2. The molecule has 6 nitrogen and oxygen atoms in total. The normalized spacial score (nSPS) is 17.1. The molecule has 2 aromatic rings. The molecule has 1 fully saturated rings. The highest BCUT2D eigenvalue weighted by Crippen LogP contribution is 2.27. The van der Waals surface area contributed by atoms with Gasteiger partial charge in [0.1, 0.15) is 11.8 Å². The van der Waals surface area contributed by atoms with Crippen LogP contribution in [0.25, 0.3) is 0 Å². The molecule has 0 N–H and O–H groups in total. The van der Waals surface area contributed by atoms with Gasteiger partial charge in [-0.3, -0.25) is 9.69 Å². The molecule has 1 aliphatic rings. The minimum Gasteiger partial charge on any atom is -0.497 e. The van der Waals surface area contributed by atoms with Gasteiger partial charge in [-0.15, -0.1) is 0 Å². The van der Waals surface area contributed by atoms with Gasteiger partial charge >= 0.3 is 5.97 Å². The summed E-state index contributed by atoms with van der Waals surface area (Å²) in [7, 11) is 1.56. The standard InChI is InChI=1S/C16H15NO5/c1-20-12-6-4-11(5-7-12)17(13-8-10-22-16(13)19)15(18)14-3-2-9-21-14/h2-7,9,13H,8,10H2,1H3. The molecule has 1 aliphatic heterocycles. The van der Waals surface area contributed by atoms with E-state index in [1.165, 1.54) is 11.2 Å². The highest BCUT2D eigenvalue weighted by Gasteiger charge is 2.37. The first-order valence-electron chi connectivity index (χ1n) is 6.88. The van der Waals surface area contributed by atoms with Crippen LogP contribution in [-0.4, -0.2) is 31.6 Å². The van der Waals surface area contributed by atoms with Gasteiger partial charge in [0.2, 0.25) is 0 Å². The Morgan fingerprint density at radius 3 is 2.59 bits per heavy atom. The molecule has 2 heterocycles. The maximum absolute atomic E-state index is 12.7. The lowest BCUT2D eigenvalue weighted by molar-refractivity contribution is -0.139. The Bertz CT molecular complexity index is 662. The summed E-state index contributed by atoms with van der Waals surface area (Å²) in [5.41, 5.74) is 0.589. The Hall–Kier alpha value is -2.76. The number of methoxy groups -OCH3 is 1. The second-order valence-electron chi connectivity index (χ2n) is 4.82. The van der Waals surface area contributed by atoms with Gasteiger partial charge in [0, 0.05) is 12.1 Å². The molecule has 22 heavy (non-hydrogen) atoms. The number of ether oxygens (including phenoxy) is 2. The van der Waals surface area contributed by atoms with Crippen LogP contribution in [0.2, 0.25) is 0 Å². The summed E-state index contributed by atoms with van der Waals surface area (Å²) in [5.74, 6) is 0.0633. The summed E-state index contributed by atoms with van der Waals surface area (Å²) < 4.78 is 15.3. The largest absolute Gasteiger partial charge is 0.497 e.